The number of nitrogens with zero attached hydrogens (tertiary/aromatic N) is 1. The van der Waals surface area contributed by atoms with E-state index in [1.54, 1.807) is 28.6 Å². The fraction of sp³-hybridized carbons (Fsp3) is 0.381. The van der Waals surface area contributed by atoms with Gasteiger partial charge in [-0.3, -0.25) is 4.79 Å². The van der Waals surface area contributed by atoms with Crippen molar-refractivity contribution in [3.8, 4) is 0 Å². The van der Waals surface area contributed by atoms with E-state index in [1.807, 2.05) is 24.3 Å². The van der Waals surface area contributed by atoms with Crippen LogP contribution >= 0.6 is 0 Å². The third-order valence-electron chi connectivity index (χ3n) is 4.95. The Bertz CT molecular complexity index is 869. The molecule has 27 heavy (non-hydrogen) atoms. The molecule has 2 aromatic rings. The molecule has 0 radical (unpaired) electrons. The highest BCUT2D eigenvalue weighted by molar-refractivity contribution is 7.89. The highest BCUT2D eigenvalue weighted by Gasteiger charge is 2.25. The monoisotopic (exact) mass is 386 g/mol. The van der Waals surface area contributed by atoms with Gasteiger partial charge in [0.25, 0.3) is 5.91 Å². The molecule has 1 fully saturated rings. The second-order valence-electron chi connectivity index (χ2n) is 6.84. The van der Waals surface area contributed by atoms with Gasteiger partial charge in [-0.05, 0) is 54.7 Å². The van der Waals surface area contributed by atoms with E-state index in [1.165, 1.54) is 5.56 Å². The number of nitrogens with one attached hydrogen (secondary N) is 1. The van der Waals surface area contributed by atoms with E-state index in [4.69, 9.17) is 0 Å². The van der Waals surface area contributed by atoms with Crippen molar-refractivity contribution in [3.63, 3.8) is 0 Å². The van der Waals surface area contributed by atoms with E-state index >= 15 is 0 Å². The van der Waals surface area contributed by atoms with Crippen LogP contribution in [0.5, 0.6) is 0 Å². The lowest BCUT2D eigenvalue weighted by Gasteiger charge is -2.25. The van der Waals surface area contributed by atoms with Crippen molar-refractivity contribution in [1.29, 1.82) is 0 Å². The zero-order chi connectivity index (χ0) is 19.3. The summed E-state index contributed by atoms with van der Waals surface area (Å²) in [6.07, 6.45) is 3.87. The Labute approximate surface area is 161 Å². The van der Waals surface area contributed by atoms with Gasteiger partial charge in [-0.25, -0.2) is 8.42 Å². The summed E-state index contributed by atoms with van der Waals surface area (Å²) in [5.41, 5.74) is 2.68. The number of aryl methyl sites for hydroxylation is 1. The number of rotatable bonds is 6. The van der Waals surface area contributed by atoms with Gasteiger partial charge in [-0.1, -0.05) is 37.6 Å². The Morgan fingerprint density at radius 1 is 0.926 bits per heavy atom. The zero-order valence-corrected chi connectivity index (χ0v) is 16.5. The van der Waals surface area contributed by atoms with E-state index in [2.05, 4.69) is 12.2 Å². The number of piperidine rings is 1. The molecule has 5 nitrogen and oxygen atoms in total. The molecule has 1 amide bonds. The molecule has 6 heteroatoms. The van der Waals surface area contributed by atoms with Crippen molar-refractivity contribution in [3.05, 3.63) is 65.2 Å². The number of benzene rings is 2. The summed E-state index contributed by atoms with van der Waals surface area (Å²) in [4.78, 5) is 12.6. The standard InChI is InChI=1S/C21H26N2O3S/c1-2-17-6-10-19(11-7-17)21(24)22-16-18-8-12-20(13-9-18)27(25,26)23-14-4-3-5-15-23/h6-13H,2-5,14-16H2,1H3,(H,22,24). The number of hydrogen-bond acceptors (Lipinski definition) is 3. The number of carbonyl (C=O) groups is 1. The van der Waals surface area contributed by atoms with Crippen molar-refractivity contribution in [2.75, 3.05) is 13.1 Å². The molecule has 3 rings (SSSR count). The van der Waals surface area contributed by atoms with Crippen LogP contribution in [0.3, 0.4) is 0 Å². The predicted molar refractivity (Wildman–Crippen MR) is 106 cm³/mol. The van der Waals surface area contributed by atoms with Gasteiger partial charge >= 0.3 is 0 Å². The van der Waals surface area contributed by atoms with Crippen LogP contribution in [0.15, 0.2) is 53.4 Å². The topological polar surface area (TPSA) is 66.5 Å². The zero-order valence-electron chi connectivity index (χ0n) is 15.6. The lowest BCUT2D eigenvalue weighted by atomic mass is 10.1. The van der Waals surface area contributed by atoms with Gasteiger partial charge in [-0.2, -0.15) is 4.31 Å². The van der Waals surface area contributed by atoms with E-state index in [0.717, 1.165) is 31.2 Å². The number of sulfonamides is 1. The highest BCUT2D eigenvalue weighted by Crippen LogP contribution is 2.20. The number of hydrogen-bond donors (Lipinski definition) is 1. The molecule has 0 aromatic heterocycles. The quantitative estimate of drug-likeness (QED) is 0.828. The highest BCUT2D eigenvalue weighted by atomic mass is 32.2. The summed E-state index contributed by atoms with van der Waals surface area (Å²) >= 11 is 0. The Kier molecular flexibility index (Phi) is 6.29. The minimum atomic E-state index is -3.41. The minimum absolute atomic E-state index is 0.136. The van der Waals surface area contributed by atoms with Gasteiger partial charge in [-0.15, -0.1) is 0 Å². The molecule has 0 aliphatic carbocycles. The number of carbonyl (C=O) groups excluding carboxylic acids is 1. The molecule has 1 aliphatic rings. The maximum Gasteiger partial charge on any atom is 0.251 e. The summed E-state index contributed by atoms with van der Waals surface area (Å²) in [5.74, 6) is -0.136. The first-order chi connectivity index (χ1) is 13.0. The van der Waals surface area contributed by atoms with Gasteiger partial charge in [0.1, 0.15) is 0 Å². The molecule has 1 saturated heterocycles. The van der Waals surface area contributed by atoms with Crippen LogP contribution in [0.1, 0.15) is 47.7 Å². The van der Waals surface area contributed by atoms with Crippen molar-refractivity contribution in [2.24, 2.45) is 0 Å². The van der Waals surface area contributed by atoms with Crippen LogP contribution in [-0.2, 0) is 23.0 Å². The lowest BCUT2D eigenvalue weighted by molar-refractivity contribution is 0.0951. The van der Waals surface area contributed by atoms with Crippen molar-refractivity contribution < 1.29 is 13.2 Å². The molecular formula is C21H26N2O3S. The second kappa shape index (κ2) is 8.67. The molecule has 1 heterocycles. The third-order valence-corrected chi connectivity index (χ3v) is 6.87. The van der Waals surface area contributed by atoms with E-state index in [0.29, 0.717) is 30.1 Å². The Hall–Kier alpha value is -2.18. The van der Waals surface area contributed by atoms with Gasteiger partial charge in [0.2, 0.25) is 10.0 Å². The molecule has 1 aliphatic heterocycles. The first kappa shape index (κ1) is 19.6. The van der Waals surface area contributed by atoms with Crippen LogP contribution in [0.25, 0.3) is 0 Å². The van der Waals surface area contributed by atoms with Gasteiger partial charge in [0.05, 0.1) is 4.90 Å². The average Bonchev–Trinajstić information content (AvgIpc) is 2.73. The van der Waals surface area contributed by atoms with Gasteiger partial charge in [0.15, 0.2) is 0 Å². The summed E-state index contributed by atoms with van der Waals surface area (Å²) in [7, 11) is -3.41. The fourth-order valence-electron chi connectivity index (χ4n) is 3.21. The molecule has 0 atom stereocenters. The molecule has 144 valence electrons. The van der Waals surface area contributed by atoms with Crippen molar-refractivity contribution >= 4 is 15.9 Å². The van der Waals surface area contributed by atoms with Gasteiger partial charge in [0, 0.05) is 25.2 Å². The van der Waals surface area contributed by atoms with Crippen LogP contribution in [0.2, 0.25) is 0 Å². The minimum Gasteiger partial charge on any atom is -0.348 e. The first-order valence-electron chi connectivity index (χ1n) is 9.47. The average molecular weight is 387 g/mol. The predicted octanol–water partition coefficient (Wildman–Crippen LogP) is 3.35. The molecule has 0 spiro atoms. The Morgan fingerprint density at radius 3 is 2.11 bits per heavy atom. The molecule has 0 unspecified atom stereocenters. The summed E-state index contributed by atoms with van der Waals surface area (Å²) < 4.78 is 26.9. The lowest BCUT2D eigenvalue weighted by Crippen LogP contribution is -2.35. The summed E-state index contributed by atoms with van der Waals surface area (Å²) in [5, 5.41) is 2.88. The third kappa shape index (κ3) is 4.76. The van der Waals surface area contributed by atoms with Crippen LogP contribution < -0.4 is 5.32 Å². The van der Waals surface area contributed by atoms with Crippen LogP contribution in [0, 0.1) is 0 Å². The first-order valence-corrected chi connectivity index (χ1v) is 10.9. The normalized spacial score (nSPS) is 15.4. The fourth-order valence-corrected chi connectivity index (χ4v) is 4.73. The summed E-state index contributed by atoms with van der Waals surface area (Å²) in [6.45, 7) is 3.62. The van der Waals surface area contributed by atoms with Crippen LogP contribution in [-0.4, -0.2) is 31.7 Å². The Balaban J connectivity index is 1.61. The SMILES string of the molecule is CCc1ccc(C(=O)NCc2ccc(S(=O)(=O)N3CCCCC3)cc2)cc1. The maximum atomic E-state index is 12.7. The molecule has 0 saturated carbocycles. The van der Waals surface area contributed by atoms with Crippen molar-refractivity contribution in [2.45, 2.75) is 44.0 Å². The molecule has 1 N–H and O–H groups in total. The molecule has 0 bridgehead atoms. The second-order valence-corrected chi connectivity index (χ2v) is 8.78. The molecule has 2 aromatic carbocycles. The van der Waals surface area contributed by atoms with Gasteiger partial charge < -0.3 is 5.32 Å². The number of amides is 1. The molecular weight excluding hydrogens is 360 g/mol. The summed E-state index contributed by atoms with van der Waals surface area (Å²) in [6, 6.07) is 14.3. The Morgan fingerprint density at radius 2 is 1.52 bits per heavy atom. The van der Waals surface area contributed by atoms with E-state index in [9.17, 15) is 13.2 Å². The van der Waals surface area contributed by atoms with E-state index < -0.39 is 10.0 Å². The van der Waals surface area contributed by atoms with Crippen molar-refractivity contribution in [1.82, 2.24) is 9.62 Å². The van der Waals surface area contributed by atoms with E-state index in [-0.39, 0.29) is 5.91 Å². The smallest absolute Gasteiger partial charge is 0.251 e. The maximum absolute atomic E-state index is 12.7. The van der Waals surface area contributed by atoms with Crippen LogP contribution in [0.4, 0.5) is 0 Å². The largest absolute Gasteiger partial charge is 0.348 e.